The van der Waals surface area contributed by atoms with Crippen LogP contribution in [0.25, 0.3) is 0 Å². The van der Waals surface area contributed by atoms with Crippen molar-refractivity contribution in [2.24, 2.45) is 0 Å². The molecule has 0 bridgehead atoms. The summed E-state index contributed by atoms with van der Waals surface area (Å²) in [6.07, 6.45) is 12.7. The third kappa shape index (κ3) is 4.19. The topological polar surface area (TPSA) is 58.6 Å². The van der Waals surface area contributed by atoms with E-state index >= 15 is 0 Å². The molecule has 30 heavy (non-hydrogen) atoms. The van der Waals surface area contributed by atoms with Crippen LogP contribution in [0.2, 0.25) is 0 Å². The number of hydrogen-bond acceptors (Lipinski definition) is 5. The molecule has 6 nitrogen and oxygen atoms in total. The average molecular weight is 407 g/mol. The Morgan fingerprint density at radius 1 is 0.900 bits per heavy atom. The molecular formula is C24H30N4O2. The molecule has 1 aromatic heterocycles. The summed E-state index contributed by atoms with van der Waals surface area (Å²) >= 11 is 0. The molecule has 0 unspecified atom stereocenters. The number of aromatic nitrogens is 2. The van der Waals surface area contributed by atoms with Crippen LogP contribution in [0.1, 0.15) is 60.1 Å². The fourth-order valence-corrected chi connectivity index (χ4v) is 4.76. The predicted octanol–water partition coefficient (Wildman–Crippen LogP) is 3.85. The van der Waals surface area contributed by atoms with Gasteiger partial charge in [0.1, 0.15) is 11.4 Å². The number of rotatable bonds is 4. The zero-order valence-electron chi connectivity index (χ0n) is 17.6. The van der Waals surface area contributed by atoms with Gasteiger partial charge in [-0.05, 0) is 68.2 Å². The second-order valence-corrected chi connectivity index (χ2v) is 8.75. The first-order valence-corrected chi connectivity index (χ1v) is 11.4. The van der Waals surface area contributed by atoms with Gasteiger partial charge in [0.2, 0.25) is 5.88 Å². The maximum absolute atomic E-state index is 12.5. The minimum Gasteiger partial charge on any atom is -0.437 e. The normalized spacial score (nSPS) is 20.2. The molecule has 1 aliphatic carbocycles. The molecule has 0 N–H and O–H groups in total. The first-order valence-electron chi connectivity index (χ1n) is 11.4. The van der Waals surface area contributed by atoms with Crippen molar-refractivity contribution in [3.05, 3.63) is 47.4 Å². The molecule has 0 atom stereocenters. The van der Waals surface area contributed by atoms with Crippen molar-refractivity contribution in [3.8, 4) is 11.6 Å². The van der Waals surface area contributed by atoms with E-state index in [0.717, 1.165) is 63.7 Å². The highest BCUT2D eigenvalue weighted by Crippen LogP contribution is 2.29. The van der Waals surface area contributed by atoms with Gasteiger partial charge in [-0.3, -0.25) is 9.69 Å². The Balaban J connectivity index is 1.23. The van der Waals surface area contributed by atoms with Gasteiger partial charge in [0.15, 0.2) is 0 Å². The van der Waals surface area contributed by atoms with Crippen molar-refractivity contribution in [3.63, 3.8) is 0 Å². The first-order chi connectivity index (χ1) is 14.8. The quantitative estimate of drug-likeness (QED) is 0.772. The van der Waals surface area contributed by atoms with Crippen molar-refractivity contribution >= 4 is 5.91 Å². The molecule has 1 saturated carbocycles. The third-order valence-electron chi connectivity index (χ3n) is 6.82. The summed E-state index contributed by atoms with van der Waals surface area (Å²) in [5, 5.41) is 0. The van der Waals surface area contributed by atoms with E-state index in [1.165, 1.54) is 43.0 Å². The number of carbonyl (C=O) groups excluding carboxylic acids is 1. The second kappa shape index (κ2) is 8.72. The van der Waals surface area contributed by atoms with Gasteiger partial charge in [-0.15, -0.1) is 0 Å². The van der Waals surface area contributed by atoms with Crippen LogP contribution in [0.4, 0.5) is 0 Å². The van der Waals surface area contributed by atoms with Gasteiger partial charge in [-0.1, -0.05) is 12.5 Å². The van der Waals surface area contributed by atoms with E-state index in [4.69, 9.17) is 4.74 Å². The largest absolute Gasteiger partial charge is 0.437 e. The molecule has 0 radical (unpaired) electrons. The number of piperidine rings is 1. The molecule has 0 spiro atoms. The first kappa shape index (κ1) is 19.5. The summed E-state index contributed by atoms with van der Waals surface area (Å²) in [5.41, 5.74) is 3.19. The van der Waals surface area contributed by atoms with Crippen molar-refractivity contribution in [1.29, 1.82) is 0 Å². The van der Waals surface area contributed by atoms with Crippen LogP contribution in [0.15, 0.2) is 30.6 Å². The molecule has 1 aromatic carbocycles. The fourth-order valence-electron chi connectivity index (χ4n) is 4.76. The Morgan fingerprint density at radius 2 is 1.70 bits per heavy atom. The van der Waals surface area contributed by atoms with Gasteiger partial charge < -0.3 is 9.64 Å². The molecule has 2 aromatic rings. The highest BCUT2D eigenvalue weighted by molar-refractivity contribution is 5.92. The number of benzene rings is 1. The minimum atomic E-state index is -0.0326. The monoisotopic (exact) mass is 406 g/mol. The summed E-state index contributed by atoms with van der Waals surface area (Å²) in [4.78, 5) is 25.7. The third-order valence-corrected chi connectivity index (χ3v) is 6.82. The smallest absolute Gasteiger partial charge is 0.274 e. The fraction of sp³-hybridized carbons (Fsp3) is 0.542. The molecule has 2 aliphatic heterocycles. The lowest BCUT2D eigenvalue weighted by molar-refractivity contribution is 0.0718. The minimum absolute atomic E-state index is 0.0326. The molecule has 6 heteroatoms. The van der Waals surface area contributed by atoms with Crippen LogP contribution in [0.3, 0.4) is 0 Å². The van der Waals surface area contributed by atoms with Crippen molar-refractivity contribution < 1.29 is 9.53 Å². The van der Waals surface area contributed by atoms with Crippen LogP contribution in [0, 0.1) is 0 Å². The standard InChI is InChI=1S/C24H30N4O2/c29-24(28-11-2-1-3-12-28)22-16-26-23(17-25-22)30-21-8-7-18-9-13-27(20-5-4-6-20)14-10-19(18)15-21/h7-8,15-17,20H,1-6,9-14H2. The summed E-state index contributed by atoms with van der Waals surface area (Å²) < 4.78 is 5.96. The van der Waals surface area contributed by atoms with Gasteiger partial charge in [0.05, 0.1) is 12.4 Å². The molecule has 5 rings (SSSR count). The number of likely N-dealkylation sites (tertiary alicyclic amines) is 1. The summed E-state index contributed by atoms with van der Waals surface area (Å²) in [6, 6.07) is 7.16. The van der Waals surface area contributed by atoms with Gasteiger partial charge in [-0.2, -0.15) is 0 Å². The predicted molar refractivity (Wildman–Crippen MR) is 115 cm³/mol. The lowest BCUT2D eigenvalue weighted by Crippen LogP contribution is -2.41. The van der Waals surface area contributed by atoms with Crippen LogP contribution >= 0.6 is 0 Å². The van der Waals surface area contributed by atoms with E-state index in [0.29, 0.717) is 11.6 Å². The van der Waals surface area contributed by atoms with Gasteiger partial charge in [0, 0.05) is 32.2 Å². The van der Waals surface area contributed by atoms with Crippen molar-refractivity contribution in [1.82, 2.24) is 19.8 Å². The molecule has 2 fully saturated rings. The van der Waals surface area contributed by atoms with E-state index in [1.54, 1.807) is 6.20 Å². The number of hydrogen-bond donors (Lipinski definition) is 0. The molecule has 3 heterocycles. The van der Waals surface area contributed by atoms with Crippen LogP contribution < -0.4 is 4.74 Å². The zero-order valence-corrected chi connectivity index (χ0v) is 17.6. The molecular weight excluding hydrogens is 376 g/mol. The van der Waals surface area contributed by atoms with Gasteiger partial charge in [-0.25, -0.2) is 9.97 Å². The number of ether oxygens (including phenoxy) is 1. The lowest BCUT2D eigenvalue weighted by atomic mass is 9.91. The van der Waals surface area contributed by atoms with Crippen LogP contribution in [-0.2, 0) is 12.8 Å². The van der Waals surface area contributed by atoms with E-state index < -0.39 is 0 Å². The number of amides is 1. The van der Waals surface area contributed by atoms with Gasteiger partial charge >= 0.3 is 0 Å². The Kier molecular flexibility index (Phi) is 5.67. The highest BCUT2D eigenvalue weighted by Gasteiger charge is 2.26. The summed E-state index contributed by atoms with van der Waals surface area (Å²) in [6.45, 7) is 3.92. The summed E-state index contributed by atoms with van der Waals surface area (Å²) in [5.74, 6) is 1.18. The Hall–Kier alpha value is -2.47. The van der Waals surface area contributed by atoms with Crippen LogP contribution in [0.5, 0.6) is 11.6 Å². The maximum atomic E-state index is 12.5. The number of fused-ring (bicyclic) bond motifs is 1. The molecule has 1 amide bonds. The van der Waals surface area contributed by atoms with E-state index in [9.17, 15) is 4.79 Å². The molecule has 3 aliphatic rings. The van der Waals surface area contributed by atoms with Crippen LogP contribution in [-0.4, -0.2) is 57.9 Å². The second-order valence-electron chi connectivity index (χ2n) is 8.75. The SMILES string of the molecule is O=C(c1cnc(Oc2ccc3c(c2)CCN(C2CCC2)CC3)cn1)N1CCCCC1. The van der Waals surface area contributed by atoms with Crippen molar-refractivity contribution in [2.75, 3.05) is 26.2 Å². The Bertz CT molecular complexity index is 889. The molecule has 158 valence electrons. The average Bonchev–Trinajstić information content (AvgIpc) is 2.96. The lowest BCUT2D eigenvalue weighted by Gasteiger charge is -2.36. The van der Waals surface area contributed by atoms with E-state index in [1.807, 2.05) is 11.0 Å². The van der Waals surface area contributed by atoms with Crippen molar-refractivity contribution in [2.45, 2.75) is 57.4 Å². The Morgan fingerprint density at radius 3 is 2.40 bits per heavy atom. The zero-order chi connectivity index (χ0) is 20.3. The van der Waals surface area contributed by atoms with E-state index in [-0.39, 0.29) is 5.91 Å². The highest BCUT2D eigenvalue weighted by atomic mass is 16.5. The Labute approximate surface area is 178 Å². The number of carbonyl (C=O) groups is 1. The maximum Gasteiger partial charge on any atom is 0.274 e. The summed E-state index contributed by atoms with van der Waals surface area (Å²) in [7, 11) is 0. The number of nitrogens with zero attached hydrogens (tertiary/aromatic N) is 4. The van der Waals surface area contributed by atoms with Gasteiger partial charge in [0.25, 0.3) is 5.91 Å². The molecule has 1 saturated heterocycles. The van der Waals surface area contributed by atoms with E-state index in [2.05, 4.69) is 27.0 Å².